The Balaban J connectivity index is 1.15. The van der Waals surface area contributed by atoms with E-state index in [9.17, 15) is 4.79 Å². The van der Waals surface area contributed by atoms with E-state index in [4.69, 9.17) is 16.6 Å². The third kappa shape index (κ3) is 6.58. The lowest BCUT2D eigenvalue weighted by atomic mass is 9.99. The lowest BCUT2D eigenvalue weighted by Gasteiger charge is -2.20. The fourth-order valence-corrected chi connectivity index (χ4v) is 4.95. The summed E-state index contributed by atoms with van der Waals surface area (Å²) >= 11 is 9.97. The smallest absolute Gasteiger partial charge is 0.315 e. The van der Waals surface area contributed by atoms with Gasteiger partial charge in [-0.3, -0.25) is 0 Å². The van der Waals surface area contributed by atoms with Gasteiger partial charge in [-0.2, -0.15) is 9.61 Å². The van der Waals surface area contributed by atoms with Crippen molar-refractivity contribution in [1.82, 2.24) is 25.2 Å². The normalized spacial score (nSPS) is 11.1. The maximum Gasteiger partial charge on any atom is 0.315 e. The molecule has 0 bridgehead atoms. The first-order valence-electron chi connectivity index (χ1n) is 12.8. The van der Waals surface area contributed by atoms with Crippen molar-refractivity contribution in [3.63, 3.8) is 0 Å². The largest absolute Gasteiger partial charge is 0.370 e. The maximum absolute atomic E-state index is 12.7. The zero-order valence-corrected chi connectivity index (χ0v) is 23.5. The summed E-state index contributed by atoms with van der Waals surface area (Å²) in [5.74, 6) is 0.819. The molecule has 0 fully saturated rings. The van der Waals surface area contributed by atoms with Gasteiger partial charge in [0, 0.05) is 29.7 Å². The molecule has 0 spiro atoms. The summed E-state index contributed by atoms with van der Waals surface area (Å²) in [4.78, 5) is 17.5. The van der Waals surface area contributed by atoms with Crippen molar-refractivity contribution in [2.24, 2.45) is 0 Å². The summed E-state index contributed by atoms with van der Waals surface area (Å²) in [5.41, 5.74) is 4.40. The number of hydrogen-bond donors (Lipinski definition) is 3. The van der Waals surface area contributed by atoms with Crippen LogP contribution in [0.15, 0.2) is 102 Å². The van der Waals surface area contributed by atoms with Crippen LogP contribution in [0, 0.1) is 0 Å². The van der Waals surface area contributed by atoms with Gasteiger partial charge in [-0.25, -0.2) is 9.78 Å². The number of benzene rings is 3. The van der Waals surface area contributed by atoms with E-state index in [2.05, 4.69) is 37.0 Å². The molecule has 2 amide bonds. The van der Waals surface area contributed by atoms with Crippen LogP contribution in [-0.2, 0) is 0 Å². The summed E-state index contributed by atoms with van der Waals surface area (Å²) < 4.78 is 2.57. The number of unbranched alkanes of at least 4 members (excludes halogenated alkanes) is 1. The molecule has 3 aromatic carbocycles. The Morgan fingerprint density at radius 3 is 2.23 bits per heavy atom. The Kier molecular flexibility index (Phi) is 8.75. The molecule has 39 heavy (non-hydrogen) atoms. The van der Waals surface area contributed by atoms with Crippen LogP contribution >= 0.6 is 27.5 Å². The number of nitrogens with one attached hydrogen (secondary N) is 3. The molecular weight excluding hydrogens is 576 g/mol. The zero-order chi connectivity index (χ0) is 27.0. The minimum absolute atomic E-state index is 0.192. The molecule has 7 nitrogen and oxygen atoms in total. The van der Waals surface area contributed by atoms with Crippen LogP contribution in [0.4, 0.5) is 10.6 Å². The first-order valence-corrected chi connectivity index (χ1v) is 13.9. The third-order valence-corrected chi connectivity index (χ3v) is 7.20. The summed E-state index contributed by atoms with van der Waals surface area (Å²) in [6.45, 7) is 1.27. The number of anilines is 1. The van der Waals surface area contributed by atoms with Gasteiger partial charge < -0.3 is 16.0 Å². The molecule has 0 saturated carbocycles. The van der Waals surface area contributed by atoms with Gasteiger partial charge in [0.2, 0.25) is 0 Å². The molecule has 198 valence electrons. The van der Waals surface area contributed by atoms with E-state index in [1.807, 2.05) is 91.0 Å². The van der Waals surface area contributed by atoms with E-state index in [-0.39, 0.29) is 12.1 Å². The first kappa shape index (κ1) is 26.7. The number of nitrogens with zero attached hydrogens (tertiary/aromatic N) is 3. The maximum atomic E-state index is 12.7. The van der Waals surface area contributed by atoms with Gasteiger partial charge in [0.25, 0.3) is 0 Å². The number of urea groups is 1. The molecule has 0 aliphatic heterocycles. The number of fused-ring (bicyclic) bond motifs is 1. The van der Waals surface area contributed by atoms with Crippen molar-refractivity contribution in [2.75, 3.05) is 18.4 Å². The van der Waals surface area contributed by atoms with E-state index in [1.165, 1.54) is 0 Å². The van der Waals surface area contributed by atoms with Gasteiger partial charge in [0.15, 0.2) is 5.65 Å². The minimum Gasteiger partial charge on any atom is -0.370 e. The van der Waals surface area contributed by atoms with Gasteiger partial charge in [-0.15, -0.1) is 0 Å². The molecular formula is C30H28BrClN6O. The molecule has 0 saturated heterocycles. The van der Waals surface area contributed by atoms with E-state index < -0.39 is 0 Å². The van der Waals surface area contributed by atoms with Crippen LogP contribution in [0.25, 0.3) is 16.9 Å². The van der Waals surface area contributed by atoms with Gasteiger partial charge >= 0.3 is 6.03 Å². The summed E-state index contributed by atoms with van der Waals surface area (Å²) in [6.07, 6.45) is 3.40. The quantitative estimate of drug-likeness (QED) is 0.149. The Morgan fingerprint density at radius 1 is 0.897 bits per heavy atom. The van der Waals surface area contributed by atoms with E-state index in [0.717, 1.165) is 45.5 Å². The van der Waals surface area contributed by atoms with Crippen LogP contribution in [0.5, 0.6) is 0 Å². The highest BCUT2D eigenvalue weighted by Gasteiger charge is 2.16. The first-order chi connectivity index (χ1) is 19.1. The molecule has 9 heteroatoms. The van der Waals surface area contributed by atoms with Gasteiger partial charge in [-0.1, -0.05) is 90.5 Å². The number of carbonyl (C=O) groups is 1. The minimum atomic E-state index is -0.219. The molecule has 0 radical (unpaired) electrons. The van der Waals surface area contributed by atoms with Crippen molar-refractivity contribution in [3.05, 3.63) is 118 Å². The fraction of sp³-hybridized carbons (Fsp3) is 0.167. The fourth-order valence-electron chi connectivity index (χ4n) is 4.37. The molecule has 3 N–H and O–H groups in total. The van der Waals surface area contributed by atoms with E-state index >= 15 is 0 Å². The molecule has 5 aromatic rings. The molecule has 0 aliphatic rings. The van der Waals surface area contributed by atoms with Crippen LogP contribution < -0.4 is 16.0 Å². The summed E-state index contributed by atoms with van der Waals surface area (Å²) in [7, 11) is 0. The van der Waals surface area contributed by atoms with Gasteiger partial charge in [0.1, 0.15) is 5.82 Å². The topological polar surface area (TPSA) is 83.3 Å². The van der Waals surface area contributed by atoms with Crippen molar-refractivity contribution in [3.8, 4) is 11.3 Å². The van der Waals surface area contributed by atoms with Crippen LogP contribution in [-0.4, -0.2) is 33.7 Å². The molecule has 5 rings (SSSR count). The second kappa shape index (κ2) is 12.8. The van der Waals surface area contributed by atoms with E-state index in [0.29, 0.717) is 23.8 Å². The van der Waals surface area contributed by atoms with Crippen molar-refractivity contribution >= 4 is 45.0 Å². The molecule has 0 aliphatic carbocycles. The van der Waals surface area contributed by atoms with Crippen molar-refractivity contribution in [2.45, 2.75) is 18.9 Å². The standard InChI is InChI=1S/C30H28BrClN6O/c31-24-20-35-38-27(19-26(36-29(24)38)23-15-7-8-16-25(23)32)33-17-9-10-18-34-30(39)37-28(21-11-3-1-4-12-21)22-13-5-2-6-14-22/h1-8,11-16,19-20,28,33H,9-10,17-18H2,(H2,34,37,39). The third-order valence-electron chi connectivity index (χ3n) is 6.32. The highest BCUT2D eigenvalue weighted by Crippen LogP contribution is 2.30. The van der Waals surface area contributed by atoms with Crippen LogP contribution in [0.2, 0.25) is 5.02 Å². The highest BCUT2D eigenvalue weighted by molar-refractivity contribution is 9.10. The Hall–Kier alpha value is -3.88. The Bertz CT molecular complexity index is 1500. The number of aromatic nitrogens is 3. The SMILES string of the molecule is O=C(NCCCCNc1cc(-c2ccccc2Cl)nc2c(Br)cnn12)NC(c1ccccc1)c1ccccc1. The van der Waals surface area contributed by atoms with Crippen LogP contribution in [0.3, 0.4) is 0 Å². The molecule has 0 atom stereocenters. The average molecular weight is 604 g/mol. The second-order valence-electron chi connectivity index (χ2n) is 9.02. The lowest BCUT2D eigenvalue weighted by Crippen LogP contribution is -2.38. The van der Waals surface area contributed by atoms with Crippen LogP contribution in [0.1, 0.15) is 30.0 Å². The highest BCUT2D eigenvalue weighted by atomic mass is 79.9. The van der Waals surface area contributed by atoms with E-state index in [1.54, 1.807) is 10.7 Å². The molecule has 2 heterocycles. The summed E-state index contributed by atoms with van der Waals surface area (Å²) in [5, 5.41) is 14.7. The predicted octanol–water partition coefficient (Wildman–Crippen LogP) is 7.09. The summed E-state index contributed by atoms with van der Waals surface area (Å²) in [6, 6.07) is 29.1. The monoisotopic (exact) mass is 602 g/mol. The molecule has 2 aromatic heterocycles. The Morgan fingerprint density at radius 2 is 1.54 bits per heavy atom. The second-order valence-corrected chi connectivity index (χ2v) is 10.3. The zero-order valence-electron chi connectivity index (χ0n) is 21.1. The average Bonchev–Trinajstić information content (AvgIpc) is 3.35. The van der Waals surface area contributed by atoms with Gasteiger partial charge in [0.05, 0.1) is 22.4 Å². The number of amides is 2. The predicted molar refractivity (Wildman–Crippen MR) is 160 cm³/mol. The number of halogens is 2. The molecule has 0 unspecified atom stereocenters. The van der Waals surface area contributed by atoms with Crippen molar-refractivity contribution in [1.29, 1.82) is 0 Å². The lowest BCUT2D eigenvalue weighted by molar-refractivity contribution is 0.238. The van der Waals surface area contributed by atoms with Gasteiger partial charge in [-0.05, 0) is 46.0 Å². The number of rotatable bonds is 10. The number of carbonyl (C=O) groups excluding carboxylic acids is 1. The Labute approximate surface area is 240 Å². The number of hydrogen-bond acceptors (Lipinski definition) is 4. The van der Waals surface area contributed by atoms with Crippen molar-refractivity contribution < 1.29 is 4.79 Å².